The fourth-order valence-electron chi connectivity index (χ4n) is 4.37. The molecule has 0 N–H and O–H groups in total. The van der Waals surface area contributed by atoms with Crippen molar-refractivity contribution < 1.29 is 4.79 Å². The minimum atomic E-state index is -0.0810. The number of aryl methyl sites for hydroxylation is 1. The lowest BCUT2D eigenvalue weighted by molar-refractivity contribution is -0.119. The zero-order valence-electron chi connectivity index (χ0n) is 14.6. The van der Waals surface area contributed by atoms with E-state index in [4.69, 9.17) is 4.98 Å². The predicted octanol–water partition coefficient (Wildman–Crippen LogP) is 2.75. The lowest BCUT2D eigenvalue weighted by Gasteiger charge is -2.22. The number of para-hydroxylation sites is 1. The summed E-state index contributed by atoms with van der Waals surface area (Å²) in [4.78, 5) is 32.6. The largest absolute Gasteiger partial charge is 0.312 e. The van der Waals surface area contributed by atoms with Gasteiger partial charge in [-0.3, -0.25) is 14.2 Å². The van der Waals surface area contributed by atoms with Crippen molar-refractivity contribution in [1.29, 1.82) is 0 Å². The molecule has 26 heavy (non-hydrogen) atoms. The Balaban J connectivity index is 1.43. The normalized spacial score (nSPS) is 20.6. The molecule has 1 atom stereocenters. The van der Waals surface area contributed by atoms with Crippen LogP contribution >= 0.6 is 11.8 Å². The minimum Gasteiger partial charge on any atom is -0.312 e. The summed E-state index contributed by atoms with van der Waals surface area (Å²) in [5.74, 6) is 0.866. The third-order valence-electron chi connectivity index (χ3n) is 5.72. The number of anilines is 1. The Morgan fingerprint density at radius 1 is 1.19 bits per heavy atom. The fourth-order valence-corrected chi connectivity index (χ4v) is 5.53. The van der Waals surface area contributed by atoms with Crippen LogP contribution in [0.4, 0.5) is 5.69 Å². The monoisotopic (exact) mass is 367 g/mol. The van der Waals surface area contributed by atoms with Gasteiger partial charge in [0.2, 0.25) is 5.91 Å². The van der Waals surface area contributed by atoms with Gasteiger partial charge in [-0.1, -0.05) is 30.0 Å². The summed E-state index contributed by atoms with van der Waals surface area (Å²) in [6.07, 6.45) is 5.19. The first-order chi connectivity index (χ1) is 12.7. The van der Waals surface area contributed by atoms with Gasteiger partial charge in [-0.25, -0.2) is 4.98 Å². The van der Waals surface area contributed by atoms with Crippen LogP contribution in [0.2, 0.25) is 0 Å². The zero-order valence-corrected chi connectivity index (χ0v) is 15.4. The van der Waals surface area contributed by atoms with Crippen molar-refractivity contribution in [3.8, 4) is 0 Å². The van der Waals surface area contributed by atoms with Crippen LogP contribution in [0.1, 0.15) is 42.1 Å². The first-order valence-electron chi connectivity index (χ1n) is 9.38. The maximum Gasteiger partial charge on any atom is 0.257 e. The smallest absolute Gasteiger partial charge is 0.257 e. The van der Waals surface area contributed by atoms with Crippen molar-refractivity contribution in [3.63, 3.8) is 0 Å². The van der Waals surface area contributed by atoms with E-state index in [2.05, 4.69) is 6.07 Å². The molecule has 134 valence electrons. The Bertz CT molecular complexity index is 953. The molecule has 0 radical (unpaired) electrons. The summed E-state index contributed by atoms with van der Waals surface area (Å²) in [7, 11) is 0. The van der Waals surface area contributed by atoms with E-state index < -0.39 is 0 Å². The quantitative estimate of drug-likeness (QED) is 0.766. The number of amides is 1. The van der Waals surface area contributed by atoms with E-state index in [1.165, 1.54) is 5.56 Å². The molecule has 5 nitrogen and oxygen atoms in total. The molecule has 1 amide bonds. The van der Waals surface area contributed by atoms with Crippen molar-refractivity contribution in [3.05, 3.63) is 51.4 Å². The van der Waals surface area contributed by atoms with Crippen LogP contribution in [0.5, 0.6) is 0 Å². The van der Waals surface area contributed by atoms with Crippen LogP contribution in [0, 0.1) is 0 Å². The molecule has 5 rings (SSSR count). The maximum atomic E-state index is 13.0. The molecule has 1 aromatic carbocycles. The average Bonchev–Trinajstić information content (AvgIpc) is 3.26. The van der Waals surface area contributed by atoms with E-state index in [0.29, 0.717) is 6.42 Å². The Kier molecular flexibility index (Phi) is 3.89. The molecule has 3 aliphatic rings. The highest BCUT2D eigenvalue weighted by Gasteiger charge is 2.33. The second-order valence-corrected chi connectivity index (χ2v) is 8.28. The lowest BCUT2D eigenvalue weighted by Crippen LogP contribution is -2.35. The third kappa shape index (κ3) is 2.50. The molecule has 1 aliphatic carbocycles. The molecular weight excluding hydrogens is 346 g/mol. The number of thioether (sulfide) groups is 1. The Hall–Kier alpha value is -2.08. The summed E-state index contributed by atoms with van der Waals surface area (Å²) in [5, 5.41) is 0.801. The van der Waals surface area contributed by atoms with E-state index in [9.17, 15) is 9.59 Å². The van der Waals surface area contributed by atoms with Gasteiger partial charge < -0.3 is 4.90 Å². The highest BCUT2D eigenvalue weighted by Crippen LogP contribution is 2.35. The van der Waals surface area contributed by atoms with Crippen molar-refractivity contribution in [2.45, 2.75) is 49.7 Å². The van der Waals surface area contributed by atoms with E-state index in [-0.39, 0.29) is 17.5 Å². The minimum absolute atomic E-state index is 0.0810. The summed E-state index contributed by atoms with van der Waals surface area (Å²) >= 11 is 1.61. The highest BCUT2D eigenvalue weighted by molar-refractivity contribution is 7.99. The SMILES string of the molecule is O=C(CC1CSc2nc3c(c(=O)n21)CCCC3)N1CCc2ccccc21. The van der Waals surface area contributed by atoms with Crippen LogP contribution in [0.15, 0.2) is 34.2 Å². The van der Waals surface area contributed by atoms with Crippen molar-refractivity contribution >= 4 is 23.4 Å². The van der Waals surface area contributed by atoms with Crippen LogP contribution in [0.25, 0.3) is 0 Å². The molecule has 2 aromatic rings. The Labute approximate surface area is 156 Å². The van der Waals surface area contributed by atoms with Gasteiger partial charge in [-0.2, -0.15) is 0 Å². The maximum absolute atomic E-state index is 13.0. The Morgan fingerprint density at radius 2 is 2.04 bits per heavy atom. The number of carbonyl (C=O) groups is 1. The number of carbonyl (C=O) groups excluding carboxylic acids is 1. The molecule has 2 aliphatic heterocycles. The topological polar surface area (TPSA) is 55.2 Å². The number of aromatic nitrogens is 2. The summed E-state index contributed by atoms with van der Waals surface area (Å²) in [6, 6.07) is 8.02. The van der Waals surface area contributed by atoms with Gasteiger partial charge in [0.15, 0.2) is 5.16 Å². The van der Waals surface area contributed by atoms with E-state index in [0.717, 1.165) is 66.5 Å². The fraction of sp³-hybridized carbons (Fsp3) is 0.450. The third-order valence-corrected chi connectivity index (χ3v) is 6.82. The lowest BCUT2D eigenvalue weighted by atomic mass is 9.97. The van der Waals surface area contributed by atoms with Gasteiger partial charge in [-0.05, 0) is 43.7 Å². The van der Waals surface area contributed by atoms with Gasteiger partial charge in [0.05, 0.1) is 11.7 Å². The number of rotatable bonds is 2. The number of hydrogen-bond donors (Lipinski definition) is 0. The van der Waals surface area contributed by atoms with Crippen molar-refractivity contribution in [1.82, 2.24) is 9.55 Å². The molecule has 3 heterocycles. The number of hydrogen-bond acceptors (Lipinski definition) is 4. The molecule has 1 unspecified atom stereocenters. The van der Waals surface area contributed by atoms with E-state index in [1.807, 2.05) is 23.1 Å². The van der Waals surface area contributed by atoms with Crippen LogP contribution in [0.3, 0.4) is 0 Å². The molecule has 1 aromatic heterocycles. The predicted molar refractivity (Wildman–Crippen MR) is 102 cm³/mol. The van der Waals surface area contributed by atoms with Crippen LogP contribution in [-0.2, 0) is 24.1 Å². The van der Waals surface area contributed by atoms with Gasteiger partial charge in [0.25, 0.3) is 5.56 Å². The number of fused-ring (bicyclic) bond motifs is 3. The standard InChI is InChI=1S/C20H21N3O2S/c24-18(22-10-9-13-5-1-4-8-17(13)22)11-14-12-26-20-21-16-7-3-2-6-15(16)19(25)23(14)20/h1,4-5,8,14H,2-3,6-7,9-12H2. The van der Waals surface area contributed by atoms with Gasteiger partial charge >= 0.3 is 0 Å². The number of nitrogens with zero attached hydrogens (tertiary/aromatic N) is 3. The summed E-state index contributed by atoms with van der Waals surface area (Å²) in [6.45, 7) is 0.738. The van der Waals surface area contributed by atoms with Gasteiger partial charge in [-0.15, -0.1) is 0 Å². The second-order valence-electron chi connectivity index (χ2n) is 7.29. The molecule has 0 fully saturated rings. The van der Waals surface area contributed by atoms with E-state index in [1.54, 1.807) is 16.3 Å². The second kappa shape index (κ2) is 6.27. The molecule has 0 bridgehead atoms. The summed E-state index contributed by atoms with van der Waals surface area (Å²) < 4.78 is 1.80. The van der Waals surface area contributed by atoms with Gasteiger partial charge in [0.1, 0.15) is 0 Å². The molecule has 6 heteroatoms. The first kappa shape index (κ1) is 16.1. The van der Waals surface area contributed by atoms with Gasteiger partial charge in [0, 0.05) is 30.0 Å². The highest BCUT2D eigenvalue weighted by atomic mass is 32.2. The Morgan fingerprint density at radius 3 is 2.96 bits per heavy atom. The summed E-state index contributed by atoms with van der Waals surface area (Å²) in [5.41, 5.74) is 4.22. The van der Waals surface area contributed by atoms with Crippen LogP contribution < -0.4 is 10.5 Å². The molecular formula is C20H21N3O2S. The number of benzene rings is 1. The first-order valence-corrected chi connectivity index (χ1v) is 10.4. The van der Waals surface area contributed by atoms with E-state index >= 15 is 0 Å². The van der Waals surface area contributed by atoms with Crippen molar-refractivity contribution in [2.24, 2.45) is 0 Å². The molecule has 0 saturated carbocycles. The average molecular weight is 367 g/mol. The zero-order chi connectivity index (χ0) is 17.7. The van der Waals surface area contributed by atoms with Crippen molar-refractivity contribution in [2.75, 3.05) is 17.2 Å². The molecule has 0 spiro atoms. The van der Waals surface area contributed by atoms with Crippen LogP contribution in [-0.4, -0.2) is 27.8 Å². The molecule has 0 saturated heterocycles.